The summed E-state index contributed by atoms with van der Waals surface area (Å²) in [5.41, 5.74) is 15.0. The number of nitrogens with one attached hydrogen (secondary N) is 2. The van der Waals surface area contributed by atoms with Gasteiger partial charge in [0.15, 0.2) is 0 Å². The van der Waals surface area contributed by atoms with Gasteiger partial charge >= 0.3 is 0 Å². The van der Waals surface area contributed by atoms with E-state index in [1.807, 2.05) is 31.2 Å². The highest BCUT2D eigenvalue weighted by Gasteiger charge is 2.17. The topological polar surface area (TPSA) is 252 Å². The van der Waals surface area contributed by atoms with E-state index in [0.717, 1.165) is 17.5 Å². The van der Waals surface area contributed by atoms with Crippen LogP contribution in [0.3, 0.4) is 0 Å². The molecule has 3 rings (SSSR count). The molecule has 0 spiro atoms. The Bertz CT molecular complexity index is 1480. The predicted molar refractivity (Wildman–Crippen MR) is 226 cm³/mol. The number of aliphatic hydroxyl groups is 1. The fourth-order valence-corrected chi connectivity index (χ4v) is 4.92. The Morgan fingerprint density at radius 3 is 1.52 bits per heavy atom. The number of benzene rings is 1. The van der Waals surface area contributed by atoms with Crippen molar-refractivity contribution in [3.05, 3.63) is 47.6 Å². The van der Waals surface area contributed by atoms with Crippen LogP contribution in [0.2, 0.25) is 0 Å². The number of aliphatic imine (C=N–C) groups is 1. The zero-order valence-electron chi connectivity index (χ0n) is 35.4. The molecule has 2 amide bonds. The second-order valence-corrected chi connectivity index (χ2v) is 12.6. The van der Waals surface area contributed by atoms with Gasteiger partial charge in [-0.05, 0) is 31.1 Å². The number of aliphatic hydroxyl groups excluding tert-OH is 1. The van der Waals surface area contributed by atoms with Crippen LogP contribution in [0.25, 0.3) is 17.2 Å². The van der Waals surface area contributed by atoms with Gasteiger partial charge in [0.1, 0.15) is 5.84 Å². The average molecular weight is 850 g/mol. The van der Waals surface area contributed by atoms with E-state index in [0.29, 0.717) is 161 Å². The highest BCUT2D eigenvalue weighted by molar-refractivity contribution is 6.05. The first-order chi connectivity index (χ1) is 29.4. The molecule has 338 valence electrons. The fraction of sp³-hybridized carbons (Fsp3) is 0.634. The molecule has 7 N–H and O–H groups in total. The van der Waals surface area contributed by atoms with Crippen LogP contribution < -0.4 is 22.1 Å². The maximum atomic E-state index is 12.5. The zero-order chi connectivity index (χ0) is 43.3. The zero-order valence-corrected chi connectivity index (χ0v) is 35.4. The van der Waals surface area contributed by atoms with E-state index in [9.17, 15) is 9.59 Å². The molecule has 60 heavy (non-hydrogen) atoms. The fourth-order valence-electron chi connectivity index (χ4n) is 4.92. The number of carbonyl (C=O) groups excluding carboxylic acids is 2. The van der Waals surface area contributed by atoms with Crippen LogP contribution >= 0.6 is 0 Å². The number of hydrogen-bond donors (Lipinski definition) is 5. The maximum absolute atomic E-state index is 12.5. The van der Waals surface area contributed by atoms with Crippen molar-refractivity contribution in [3.8, 4) is 11.1 Å². The molecule has 2 heterocycles. The van der Waals surface area contributed by atoms with Gasteiger partial charge in [-0.2, -0.15) is 0 Å². The van der Waals surface area contributed by atoms with Gasteiger partial charge in [0.25, 0.3) is 5.91 Å². The van der Waals surface area contributed by atoms with Gasteiger partial charge in [-0.3, -0.25) is 9.59 Å². The minimum absolute atomic E-state index is 0.0442. The summed E-state index contributed by atoms with van der Waals surface area (Å²) in [7, 11) is 0. The first kappa shape index (κ1) is 52.1. The summed E-state index contributed by atoms with van der Waals surface area (Å²) in [4.78, 5) is 38.0. The van der Waals surface area contributed by atoms with Gasteiger partial charge in [-0.25, -0.2) is 15.0 Å². The van der Waals surface area contributed by atoms with E-state index in [1.165, 1.54) is 0 Å². The summed E-state index contributed by atoms with van der Waals surface area (Å²) >= 11 is 0. The quantitative estimate of drug-likeness (QED) is 0.0622. The van der Waals surface area contributed by atoms with Crippen LogP contribution in [0, 0.1) is 0 Å². The second-order valence-electron chi connectivity index (χ2n) is 12.6. The Morgan fingerprint density at radius 1 is 0.633 bits per heavy atom. The molecule has 2 aromatic rings. The van der Waals surface area contributed by atoms with Crippen LogP contribution in [0.15, 0.2) is 41.2 Å². The Labute approximate surface area is 353 Å². The third-order valence-corrected chi connectivity index (χ3v) is 7.78. The molecule has 0 aliphatic carbocycles. The van der Waals surface area contributed by atoms with Gasteiger partial charge in [0.2, 0.25) is 11.7 Å². The molecule has 0 bridgehead atoms. The SMILES string of the molecule is CCCNC(=O)C1=Cc2ccc(-c3cnc(C(=O)NCCOCCOCCOCCOCCOCCOCCOCCOCCOCCN)nc3)cc2N=C(N)C1.CCO. The number of nitrogens with zero attached hydrogens (tertiary/aromatic N) is 3. The largest absolute Gasteiger partial charge is 0.397 e. The predicted octanol–water partition coefficient (Wildman–Crippen LogP) is 1.28. The number of amides is 2. The molecule has 0 unspecified atom stereocenters. The molecule has 0 radical (unpaired) electrons. The molecule has 19 nitrogen and oxygen atoms in total. The number of ether oxygens (including phenoxy) is 9. The second kappa shape index (κ2) is 35.7. The Morgan fingerprint density at radius 2 is 1.07 bits per heavy atom. The Kier molecular flexibility index (Phi) is 31.1. The van der Waals surface area contributed by atoms with E-state index < -0.39 is 5.91 Å². The number of fused-ring (bicyclic) bond motifs is 1. The van der Waals surface area contributed by atoms with Crippen molar-refractivity contribution in [2.24, 2.45) is 16.5 Å². The van der Waals surface area contributed by atoms with Crippen molar-refractivity contribution in [2.75, 3.05) is 145 Å². The van der Waals surface area contributed by atoms with Crippen molar-refractivity contribution in [2.45, 2.75) is 26.7 Å². The van der Waals surface area contributed by atoms with Crippen molar-refractivity contribution in [3.63, 3.8) is 0 Å². The number of carbonyl (C=O) groups is 2. The van der Waals surface area contributed by atoms with E-state index in [-0.39, 0.29) is 24.8 Å². The summed E-state index contributed by atoms with van der Waals surface area (Å²) in [5, 5.41) is 13.2. The summed E-state index contributed by atoms with van der Waals surface area (Å²) in [6, 6.07) is 5.62. The number of aromatic nitrogens is 2. The number of amidine groups is 1. The highest BCUT2D eigenvalue weighted by Crippen LogP contribution is 2.31. The smallest absolute Gasteiger partial charge is 0.289 e. The first-order valence-corrected chi connectivity index (χ1v) is 20.5. The summed E-state index contributed by atoms with van der Waals surface area (Å²) in [5.74, 6) is -0.163. The van der Waals surface area contributed by atoms with Crippen LogP contribution in [-0.4, -0.2) is 178 Å². The lowest BCUT2D eigenvalue weighted by Gasteiger charge is -2.09. The average Bonchev–Trinajstić information content (AvgIpc) is 3.42. The van der Waals surface area contributed by atoms with Crippen molar-refractivity contribution in [1.82, 2.24) is 20.6 Å². The lowest BCUT2D eigenvalue weighted by Crippen LogP contribution is -2.29. The molecule has 1 aliphatic heterocycles. The summed E-state index contributed by atoms with van der Waals surface area (Å²) in [6.45, 7) is 13.8. The van der Waals surface area contributed by atoms with E-state index >= 15 is 0 Å². The minimum atomic E-state index is -0.406. The molecular formula is C41H67N7O12. The maximum Gasteiger partial charge on any atom is 0.289 e. The molecule has 1 aromatic carbocycles. The lowest BCUT2D eigenvalue weighted by atomic mass is 10.0. The third-order valence-electron chi connectivity index (χ3n) is 7.78. The number of nitrogens with two attached hydrogens (primary N) is 2. The minimum Gasteiger partial charge on any atom is -0.397 e. The van der Waals surface area contributed by atoms with Crippen LogP contribution in [-0.2, 0) is 47.4 Å². The van der Waals surface area contributed by atoms with Crippen LogP contribution in [0.4, 0.5) is 5.69 Å². The van der Waals surface area contributed by atoms with Crippen molar-refractivity contribution in [1.29, 1.82) is 0 Å². The normalized spacial score (nSPS) is 12.1. The molecule has 0 saturated heterocycles. The van der Waals surface area contributed by atoms with Gasteiger partial charge in [-0.15, -0.1) is 0 Å². The highest BCUT2D eigenvalue weighted by atomic mass is 16.6. The van der Waals surface area contributed by atoms with E-state index in [2.05, 4.69) is 25.6 Å². The van der Waals surface area contributed by atoms with E-state index in [4.69, 9.17) is 59.2 Å². The molecule has 0 fully saturated rings. The number of rotatable bonds is 34. The van der Waals surface area contributed by atoms with Gasteiger partial charge in [-0.1, -0.05) is 19.1 Å². The molecule has 1 aromatic heterocycles. The Balaban J connectivity index is 0.00000401. The molecular weight excluding hydrogens is 782 g/mol. The standard InChI is InChI=1S/C39H61N7O11.C2H6O/c1-2-6-42-38(47)33-26-32-4-3-31(27-35(32)46-36(41)28-33)34-29-44-37(45-30-34)39(48)43-7-9-50-11-13-52-15-17-54-19-21-56-23-25-57-24-22-55-20-18-53-16-14-51-12-10-49-8-5-40;1-2-3/h3-4,26-27,29-30H,2,5-25,28,40H2,1H3,(H2,41,46)(H,42,47)(H,43,48);3H,2H2,1H3. The molecule has 0 saturated carbocycles. The van der Waals surface area contributed by atoms with Crippen molar-refractivity contribution < 1.29 is 57.3 Å². The third kappa shape index (κ3) is 24.9. The lowest BCUT2D eigenvalue weighted by molar-refractivity contribution is -0.117. The molecule has 0 atom stereocenters. The van der Waals surface area contributed by atoms with Gasteiger partial charge in [0, 0.05) is 61.8 Å². The van der Waals surface area contributed by atoms with Gasteiger partial charge < -0.3 is 69.8 Å². The Hall–Kier alpha value is -3.99. The van der Waals surface area contributed by atoms with E-state index in [1.54, 1.807) is 19.3 Å². The molecule has 19 heteroatoms. The van der Waals surface area contributed by atoms with Crippen LogP contribution in [0.5, 0.6) is 0 Å². The summed E-state index contributed by atoms with van der Waals surface area (Å²) < 4.78 is 49.0. The summed E-state index contributed by atoms with van der Waals surface area (Å²) in [6.07, 6.45) is 6.08. The molecule has 1 aliphatic rings. The van der Waals surface area contributed by atoms with Crippen LogP contribution in [0.1, 0.15) is 42.9 Å². The first-order valence-electron chi connectivity index (χ1n) is 20.5. The number of hydrogen-bond acceptors (Lipinski definition) is 17. The monoisotopic (exact) mass is 849 g/mol. The van der Waals surface area contributed by atoms with Crippen molar-refractivity contribution >= 4 is 29.4 Å². The van der Waals surface area contributed by atoms with Gasteiger partial charge in [0.05, 0.1) is 125 Å².